The summed E-state index contributed by atoms with van der Waals surface area (Å²) >= 11 is 18.5. The third-order valence-electron chi connectivity index (χ3n) is 6.52. The van der Waals surface area contributed by atoms with E-state index in [1.165, 1.54) is 21.3 Å². The number of piperazine rings is 1. The largest absolute Gasteiger partial charge is 0.335 e. The van der Waals surface area contributed by atoms with Gasteiger partial charge in [-0.1, -0.05) is 46.9 Å². The zero-order valence-corrected chi connectivity index (χ0v) is 22.6. The number of nitrogens with zero attached hydrogens (tertiary/aromatic N) is 3. The zero-order valence-electron chi connectivity index (χ0n) is 19.5. The van der Waals surface area contributed by atoms with Crippen LogP contribution in [-0.2, 0) is 26.0 Å². The van der Waals surface area contributed by atoms with Crippen molar-refractivity contribution in [1.29, 1.82) is 0 Å². The van der Waals surface area contributed by atoms with Gasteiger partial charge in [0.15, 0.2) is 0 Å². The maximum Gasteiger partial charge on any atom is 0.246 e. The van der Waals surface area contributed by atoms with Crippen LogP contribution in [0.25, 0.3) is 0 Å². The molecule has 2 amide bonds. The summed E-state index contributed by atoms with van der Waals surface area (Å²) in [5, 5.41) is 0.933. The topological polar surface area (TPSA) is 78.0 Å². The zero-order chi connectivity index (χ0) is 25.7. The van der Waals surface area contributed by atoms with Gasteiger partial charge >= 0.3 is 0 Å². The van der Waals surface area contributed by atoms with Crippen molar-refractivity contribution in [3.8, 4) is 0 Å². The van der Waals surface area contributed by atoms with E-state index in [4.69, 9.17) is 34.8 Å². The lowest BCUT2D eigenvalue weighted by atomic mass is 9.97. The Hall–Kier alpha value is -1.84. The van der Waals surface area contributed by atoms with Crippen LogP contribution >= 0.6 is 34.8 Å². The highest BCUT2D eigenvalue weighted by Gasteiger charge is 2.51. The average Bonchev–Trinajstić information content (AvgIpc) is 2.79. The van der Waals surface area contributed by atoms with Crippen LogP contribution in [0.5, 0.6) is 0 Å². The van der Waals surface area contributed by atoms with Crippen molar-refractivity contribution in [3.63, 3.8) is 0 Å². The Balaban J connectivity index is 1.78. The van der Waals surface area contributed by atoms with Crippen molar-refractivity contribution in [2.75, 3.05) is 13.1 Å². The van der Waals surface area contributed by atoms with E-state index in [9.17, 15) is 18.0 Å². The first-order valence-electron chi connectivity index (χ1n) is 11.3. The van der Waals surface area contributed by atoms with Gasteiger partial charge in [0, 0.05) is 35.5 Å². The number of amides is 2. The number of benzene rings is 2. The summed E-state index contributed by atoms with van der Waals surface area (Å²) < 4.78 is 29.0. The standard InChI is InChI=1S/C24H26Cl3N3O4S/c1-14(2)28-13-22-29(35(33,34)21-10-15(3)18(26)12-19(21)27)9-8-23(31)30(22)20(24(28)32)11-16-4-6-17(25)7-5-16/h4-7,10,12,14,20,22H,8-9,11,13H2,1-3H3. The van der Waals surface area contributed by atoms with Gasteiger partial charge in [0.25, 0.3) is 0 Å². The first kappa shape index (κ1) is 26.2. The third-order valence-corrected chi connectivity index (χ3v) is 9.54. The quantitative estimate of drug-likeness (QED) is 0.546. The molecule has 11 heteroatoms. The fourth-order valence-electron chi connectivity index (χ4n) is 4.66. The first-order valence-corrected chi connectivity index (χ1v) is 13.8. The third kappa shape index (κ3) is 4.91. The van der Waals surface area contributed by atoms with Gasteiger partial charge in [0.05, 0.1) is 11.6 Å². The minimum absolute atomic E-state index is 0.00583. The Morgan fingerprint density at radius 2 is 1.69 bits per heavy atom. The number of hydrogen-bond acceptors (Lipinski definition) is 4. The lowest BCUT2D eigenvalue weighted by molar-refractivity contribution is -0.166. The molecule has 4 rings (SSSR count). The Bertz CT molecular complexity index is 1270. The maximum absolute atomic E-state index is 13.8. The first-order chi connectivity index (χ1) is 16.4. The lowest BCUT2D eigenvalue weighted by Gasteiger charge is -2.52. The van der Waals surface area contributed by atoms with E-state index in [1.54, 1.807) is 36.1 Å². The number of hydrogen-bond donors (Lipinski definition) is 0. The molecule has 35 heavy (non-hydrogen) atoms. The van der Waals surface area contributed by atoms with Gasteiger partial charge in [0.1, 0.15) is 17.1 Å². The van der Waals surface area contributed by atoms with Crippen molar-refractivity contribution in [2.24, 2.45) is 0 Å². The summed E-state index contributed by atoms with van der Waals surface area (Å²) in [6.45, 7) is 5.51. The molecule has 2 aliphatic heterocycles. The Labute approximate surface area is 220 Å². The van der Waals surface area contributed by atoms with Gasteiger partial charge in [-0.25, -0.2) is 8.42 Å². The average molecular weight is 559 g/mol. The number of fused-ring (bicyclic) bond motifs is 1. The summed E-state index contributed by atoms with van der Waals surface area (Å²) in [6, 6.07) is 8.89. The summed E-state index contributed by atoms with van der Waals surface area (Å²) in [7, 11) is -4.10. The van der Waals surface area contributed by atoms with Crippen LogP contribution in [0.4, 0.5) is 0 Å². The van der Waals surface area contributed by atoms with Crippen molar-refractivity contribution in [3.05, 3.63) is 62.6 Å². The molecule has 2 aliphatic rings. The molecule has 0 aliphatic carbocycles. The summed E-state index contributed by atoms with van der Waals surface area (Å²) in [5.74, 6) is -0.463. The van der Waals surface area contributed by atoms with Crippen LogP contribution in [0.15, 0.2) is 41.3 Å². The molecule has 0 bridgehead atoms. The second kappa shape index (κ2) is 9.90. The highest BCUT2D eigenvalue weighted by atomic mass is 35.5. The Morgan fingerprint density at radius 3 is 2.31 bits per heavy atom. The molecule has 188 valence electrons. The predicted octanol–water partition coefficient (Wildman–Crippen LogP) is 4.37. The molecule has 2 atom stereocenters. The van der Waals surface area contributed by atoms with Gasteiger partial charge in [-0.2, -0.15) is 4.31 Å². The molecule has 2 heterocycles. The van der Waals surface area contributed by atoms with Gasteiger partial charge in [-0.15, -0.1) is 0 Å². The molecule has 2 unspecified atom stereocenters. The van der Waals surface area contributed by atoms with Crippen LogP contribution in [0.1, 0.15) is 31.4 Å². The van der Waals surface area contributed by atoms with Crippen molar-refractivity contribution in [1.82, 2.24) is 14.1 Å². The molecule has 0 spiro atoms. The summed E-state index contributed by atoms with van der Waals surface area (Å²) in [6.07, 6.45) is -0.645. The van der Waals surface area contributed by atoms with Crippen LogP contribution in [0.2, 0.25) is 15.1 Å². The molecule has 2 aromatic rings. The van der Waals surface area contributed by atoms with Crippen molar-refractivity contribution in [2.45, 2.75) is 56.8 Å². The maximum atomic E-state index is 13.8. The molecule has 2 fully saturated rings. The molecule has 0 N–H and O–H groups in total. The second-order valence-electron chi connectivity index (χ2n) is 9.11. The molecule has 2 aromatic carbocycles. The van der Waals surface area contributed by atoms with Gasteiger partial charge < -0.3 is 9.80 Å². The van der Waals surface area contributed by atoms with E-state index in [0.29, 0.717) is 15.6 Å². The predicted molar refractivity (Wildman–Crippen MR) is 136 cm³/mol. The molecule has 0 radical (unpaired) electrons. The van der Waals surface area contributed by atoms with Crippen molar-refractivity contribution < 1.29 is 18.0 Å². The smallest absolute Gasteiger partial charge is 0.246 e. The van der Waals surface area contributed by atoms with Gasteiger partial charge in [-0.3, -0.25) is 9.59 Å². The molecule has 7 nitrogen and oxygen atoms in total. The van der Waals surface area contributed by atoms with Gasteiger partial charge in [0.2, 0.25) is 21.8 Å². The summed E-state index contributed by atoms with van der Waals surface area (Å²) in [4.78, 5) is 29.7. The molecule has 0 aromatic heterocycles. The number of carbonyl (C=O) groups is 2. The van der Waals surface area contributed by atoms with E-state index >= 15 is 0 Å². The highest BCUT2D eigenvalue weighted by Crippen LogP contribution is 2.35. The second-order valence-corrected chi connectivity index (χ2v) is 12.2. The lowest BCUT2D eigenvalue weighted by Crippen LogP contribution is -2.72. The number of rotatable bonds is 5. The number of halogens is 3. The molecular weight excluding hydrogens is 533 g/mol. The summed E-state index contributed by atoms with van der Waals surface area (Å²) in [5.41, 5.74) is 1.39. The minimum Gasteiger partial charge on any atom is -0.335 e. The monoisotopic (exact) mass is 557 g/mol. The van der Waals surface area contributed by atoms with E-state index in [-0.39, 0.29) is 53.7 Å². The number of carbonyl (C=O) groups excluding carboxylic acids is 2. The van der Waals surface area contributed by atoms with Gasteiger partial charge in [-0.05, 0) is 56.2 Å². The molecular formula is C24H26Cl3N3O4S. The van der Waals surface area contributed by atoms with E-state index in [2.05, 4.69) is 0 Å². The number of sulfonamides is 1. The van der Waals surface area contributed by atoms with Crippen LogP contribution in [0, 0.1) is 6.92 Å². The SMILES string of the molecule is Cc1cc(S(=O)(=O)N2CCC(=O)N3C(Cc4ccc(Cl)cc4)C(=O)N(C(C)C)CC32)c(Cl)cc1Cl. The van der Waals surface area contributed by atoms with Crippen LogP contribution < -0.4 is 0 Å². The molecule has 0 saturated carbocycles. The van der Waals surface area contributed by atoms with Crippen molar-refractivity contribution >= 4 is 56.6 Å². The Kier molecular flexibility index (Phi) is 7.42. The fourth-order valence-corrected chi connectivity index (χ4v) is 7.16. The van der Waals surface area contributed by atoms with Crippen LogP contribution in [0.3, 0.4) is 0 Å². The van der Waals surface area contributed by atoms with E-state index in [0.717, 1.165) is 5.56 Å². The van der Waals surface area contributed by atoms with Crippen LogP contribution in [-0.4, -0.2) is 65.7 Å². The fraction of sp³-hybridized carbons (Fsp3) is 0.417. The Morgan fingerprint density at radius 1 is 1.03 bits per heavy atom. The normalized spacial score (nSPS) is 21.6. The van der Waals surface area contributed by atoms with E-state index in [1.807, 2.05) is 13.8 Å². The van der Waals surface area contributed by atoms with E-state index < -0.39 is 22.2 Å². The number of aryl methyl sites for hydroxylation is 1. The highest BCUT2D eigenvalue weighted by molar-refractivity contribution is 7.89. The minimum atomic E-state index is -4.10. The molecule has 2 saturated heterocycles.